The number of amides is 1. The van der Waals surface area contributed by atoms with Gasteiger partial charge in [0.25, 0.3) is 5.91 Å². The predicted octanol–water partition coefficient (Wildman–Crippen LogP) is 5.99. The third kappa shape index (κ3) is 6.78. The Labute approximate surface area is 210 Å². The lowest BCUT2D eigenvalue weighted by Crippen LogP contribution is -2.48. The summed E-state index contributed by atoms with van der Waals surface area (Å²) in [6.07, 6.45) is -3.20. The molecule has 2 heterocycles. The number of piperazine rings is 1. The Morgan fingerprint density at radius 1 is 1.00 bits per heavy atom. The number of hydrogen-bond donors (Lipinski definition) is 1. The maximum Gasteiger partial charge on any atom is 0.573 e. The van der Waals surface area contributed by atoms with Crippen molar-refractivity contribution >= 4 is 40.6 Å². The number of nitrogens with zero attached hydrogens (tertiary/aromatic N) is 3. The van der Waals surface area contributed by atoms with E-state index in [0.717, 1.165) is 11.6 Å². The molecule has 0 saturated carbocycles. The number of benzene rings is 2. The molecule has 0 unspecified atom stereocenters. The molecular formula is C24H21Cl2F3N4O2. The van der Waals surface area contributed by atoms with Crippen LogP contribution in [0, 0.1) is 0 Å². The highest BCUT2D eigenvalue weighted by Crippen LogP contribution is 2.29. The molecule has 4 rings (SSSR count). The number of pyridine rings is 1. The second kappa shape index (κ2) is 10.7. The second-order valence-corrected chi connectivity index (χ2v) is 8.78. The quantitative estimate of drug-likeness (QED) is 0.429. The topological polar surface area (TPSA) is 57.7 Å². The number of anilines is 2. The lowest BCUT2D eigenvalue weighted by molar-refractivity contribution is -0.274. The molecule has 6 nitrogen and oxygen atoms in total. The van der Waals surface area contributed by atoms with Gasteiger partial charge in [-0.3, -0.25) is 9.69 Å². The standard InChI is InChI=1S/C24H21Cl2F3N4O2/c25-17-12-18(26)14-19(13-17)31-22-16(4-3-7-30-22)15-32-8-10-33(11-9-32)23(34)20-5-1-2-6-21(20)35-24(27,28)29/h1-7,12-14H,8-11,15H2,(H,30,31). The fraction of sp³-hybridized carbons (Fsp3) is 0.250. The molecule has 11 heteroatoms. The maximum atomic E-state index is 12.9. The van der Waals surface area contributed by atoms with Crippen molar-refractivity contribution in [3.8, 4) is 5.75 Å². The predicted molar refractivity (Wildman–Crippen MR) is 128 cm³/mol. The minimum atomic E-state index is -4.87. The van der Waals surface area contributed by atoms with Gasteiger partial charge in [-0.05, 0) is 36.4 Å². The first-order valence-corrected chi connectivity index (χ1v) is 11.5. The van der Waals surface area contributed by atoms with Crippen molar-refractivity contribution in [2.75, 3.05) is 31.5 Å². The van der Waals surface area contributed by atoms with E-state index in [-0.39, 0.29) is 5.56 Å². The van der Waals surface area contributed by atoms with Crippen LogP contribution >= 0.6 is 23.2 Å². The van der Waals surface area contributed by atoms with E-state index in [9.17, 15) is 18.0 Å². The Morgan fingerprint density at radius 3 is 2.37 bits per heavy atom. The van der Waals surface area contributed by atoms with E-state index >= 15 is 0 Å². The number of hydrogen-bond acceptors (Lipinski definition) is 5. The van der Waals surface area contributed by atoms with Gasteiger partial charge >= 0.3 is 6.36 Å². The van der Waals surface area contributed by atoms with E-state index in [4.69, 9.17) is 23.2 Å². The number of para-hydroxylation sites is 1. The van der Waals surface area contributed by atoms with Crippen LogP contribution < -0.4 is 10.1 Å². The van der Waals surface area contributed by atoms with Gasteiger partial charge < -0.3 is 15.0 Å². The minimum absolute atomic E-state index is 0.114. The van der Waals surface area contributed by atoms with Crippen LogP contribution in [-0.2, 0) is 6.54 Å². The molecule has 1 aliphatic rings. The molecule has 0 atom stereocenters. The number of aromatic nitrogens is 1. The van der Waals surface area contributed by atoms with Crippen LogP contribution in [-0.4, -0.2) is 53.2 Å². The summed E-state index contributed by atoms with van der Waals surface area (Å²) in [5.41, 5.74) is 1.53. The lowest BCUT2D eigenvalue weighted by atomic mass is 10.1. The molecule has 35 heavy (non-hydrogen) atoms. The van der Waals surface area contributed by atoms with Crippen LogP contribution in [0.2, 0.25) is 10.0 Å². The summed E-state index contributed by atoms with van der Waals surface area (Å²) in [7, 11) is 0. The fourth-order valence-electron chi connectivity index (χ4n) is 3.82. The first-order chi connectivity index (χ1) is 16.7. The third-order valence-corrected chi connectivity index (χ3v) is 5.85. The van der Waals surface area contributed by atoms with Crippen molar-refractivity contribution < 1.29 is 22.7 Å². The molecule has 1 amide bonds. The molecule has 0 radical (unpaired) electrons. The number of carbonyl (C=O) groups excluding carboxylic acids is 1. The summed E-state index contributed by atoms with van der Waals surface area (Å²) in [4.78, 5) is 21.0. The van der Waals surface area contributed by atoms with Crippen molar-refractivity contribution in [2.45, 2.75) is 12.9 Å². The number of rotatable bonds is 6. The number of halogens is 5. The highest BCUT2D eigenvalue weighted by atomic mass is 35.5. The summed E-state index contributed by atoms with van der Waals surface area (Å²) in [5, 5.41) is 4.24. The van der Waals surface area contributed by atoms with Gasteiger partial charge in [0.05, 0.1) is 5.56 Å². The van der Waals surface area contributed by atoms with Gasteiger partial charge in [-0.15, -0.1) is 13.2 Å². The number of nitrogens with one attached hydrogen (secondary N) is 1. The Hall–Kier alpha value is -3.01. The zero-order valence-corrected chi connectivity index (χ0v) is 19.9. The average Bonchev–Trinajstić information content (AvgIpc) is 2.79. The molecule has 1 fully saturated rings. The van der Waals surface area contributed by atoms with Crippen LogP contribution in [0.4, 0.5) is 24.7 Å². The van der Waals surface area contributed by atoms with E-state index in [1.807, 2.05) is 12.1 Å². The van der Waals surface area contributed by atoms with Crippen molar-refractivity contribution in [1.82, 2.24) is 14.8 Å². The molecule has 1 aliphatic heterocycles. The Morgan fingerprint density at radius 2 is 1.69 bits per heavy atom. The Kier molecular flexibility index (Phi) is 7.69. The molecule has 0 aliphatic carbocycles. The molecule has 2 aromatic carbocycles. The minimum Gasteiger partial charge on any atom is -0.405 e. The molecule has 1 N–H and O–H groups in total. The van der Waals surface area contributed by atoms with Gasteiger partial charge in [0, 0.05) is 60.2 Å². The van der Waals surface area contributed by atoms with Gasteiger partial charge in [0.1, 0.15) is 11.6 Å². The largest absolute Gasteiger partial charge is 0.573 e. The first kappa shape index (κ1) is 25.1. The molecule has 1 aromatic heterocycles. The van der Waals surface area contributed by atoms with Crippen LogP contribution in [0.5, 0.6) is 5.75 Å². The summed E-state index contributed by atoms with van der Waals surface area (Å²) in [5.74, 6) is -0.340. The van der Waals surface area contributed by atoms with Crippen molar-refractivity contribution in [1.29, 1.82) is 0 Å². The van der Waals surface area contributed by atoms with Crippen LogP contribution in [0.15, 0.2) is 60.8 Å². The first-order valence-electron chi connectivity index (χ1n) is 10.7. The SMILES string of the molecule is O=C(c1ccccc1OC(F)(F)F)N1CCN(Cc2cccnc2Nc2cc(Cl)cc(Cl)c2)CC1. The molecule has 1 saturated heterocycles. The number of carbonyl (C=O) groups is 1. The van der Waals surface area contributed by atoms with Crippen molar-refractivity contribution in [2.24, 2.45) is 0 Å². The lowest BCUT2D eigenvalue weighted by Gasteiger charge is -2.35. The monoisotopic (exact) mass is 524 g/mol. The Balaban J connectivity index is 1.40. The van der Waals surface area contributed by atoms with Gasteiger partial charge in [0.15, 0.2) is 0 Å². The zero-order chi connectivity index (χ0) is 25.0. The van der Waals surface area contributed by atoms with Gasteiger partial charge in [-0.1, -0.05) is 41.4 Å². The molecule has 184 valence electrons. The zero-order valence-electron chi connectivity index (χ0n) is 18.4. The molecular weight excluding hydrogens is 504 g/mol. The molecule has 0 bridgehead atoms. The number of alkyl halides is 3. The maximum absolute atomic E-state index is 12.9. The van der Waals surface area contributed by atoms with Crippen LogP contribution in [0.1, 0.15) is 15.9 Å². The highest BCUT2D eigenvalue weighted by Gasteiger charge is 2.34. The molecule has 0 spiro atoms. The van der Waals surface area contributed by atoms with E-state index in [1.165, 1.54) is 23.1 Å². The van der Waals surface area contributed by atoms with Crippen molar-refractivity contribution in [3.05, 3.63) is 82.0 Å². The molecule has 3 aromatic rings. The van der Waals surface area contributed by atoms with E-state index in [2.05, 4.69) is 19.9 Å². The van der Waals surface area contributed by atoms with Gasteiger partial charge in [-0.2, -0.15) is 0 Å². The van der Waals surface area contributed by atoms with Gasteiger partial charge in [0.2, 0.25) is 0 Å². The highest BCUT2D eigenvalue weighted by molar-refractivity contribution is 6.35. The summed E-state index contributed by atoms with van der Waals surface area (Å²) in [6, 6.07) is 14.3. The van der Waals surface area contributed by atoms with E-state index < -0.39 is 18.0 Å². The summed E-state index contributed by atoms with van der Waals surface area (Å²) >= 11 is 12.2. The second-order valence-electron chi connectivity index (χ2n) is 7.91. The van der Waals surface area contributed by atoms with Crippen molar-refractivity contribution in [3.63, 3.8) is 0 Å². The smallest absolute Gasteiger partial charge is 0.405 e. The van der Waals surface area contributed by atoms with E-state index in [0.29, 0.717) is 54.3 Å². The Bertz CT molecular complexity index is 1180. The summed E-state index contributed by atoms with van der Waals surface area (Å²) in [6.45, 7) is 2.40. The fourth-order valence-corrected chi connectivity index (χ4v) is 4.34. The average molecular weight is 525 g/mol. The normalized spacial score (nSPS) is 14.6. The third-order valence-electron chi connectivity index (χ3n) is 5.41. The van der Waals surface area contributed by atoms with Crippen LogP contribution in [0.25, 0.3) is 0 Å². The van der Waals surface area contributed by atoms with Crippen LogP contribution in [0.3, 0.4) is 0 Å². The van der Waals surface area contributed by atoms with E-state index in [1.54, 1.807) is 24.4 Å². The van der Waals surface area contributed by atoms with Gasteiger partial charge in [-0.25, -0.2) is 4.98 Å². The summed E-state index contributed by atoms with van der Waals surface area (Å²) < 4.78 is 42.2. The number of ether oxygens (including phenoxy) is 1.